The monoisotopic (exact) mass is 787 g/mol. The lowest BCUT2D eigenvalue weighted by Gasteiger charge is -2.32. The van der Waals surface area contributed by atoms with Crippen LogP contribution in [0.15, 0.2) is 83.5 Å². The molecule has 13 nitrogen and oxygen atoms in total. The summed E-state index contributed by atoms with van der Waals surface area (Å²) in [6, 6.07) is 19.3. The predicted octanol–water partition coefficient (Wildman–Crippen LogP) is 7.19. The van der Waals surface area contributed by atoms with Crippen molar-refractivity contribution in [3.8, 4) is 17.1 Å². The minimum absolute atomic E-state index is 0.0507. The number of esters is 1. The molecule has 2 atom stereocenters. The van der Waals surface area contributed by atoms with Crippen LogP contribution in [0.3, 0.4) is 0 Å². The topological polar surface area (TPSA) is 162 Å². The molecule has 5 rings (SSSR count). The first kappa shape index (κ1) is 39.8. The van der Waals surface area contributed by atoms with E-state index in [1.807, 2.05) is 18.2 Å². The lowest BCUT2D eigenvalue weighted by molar-refractivity contribution is -0.144. The van der Waals surface area contributed by atoms with Gasteiger partial charge in [-0.15, -0.1) is 0 Å². The maximum absolute atomic E-state index is 14.3. The molecular weight excluding hydrogens is 748 g/mol. The molecule has 282 valence electrons. The van der Waals surface area contributed by atoms with Crippen molar-refractivity contribution in [2.45, 2.75) is 33.0 Å². The van der Waals surface area contributed by atoms with Crippen molar-refractivity contribution in [2.24, 2.45) is 0 Å². The molecule has 0 bridgehead atoms. The third-order valence-corrected chi connectivity index (χ3v) is 11.8. The highest BCUT2D eigenvalue weighted by molar-refractivity contribution is 7.90. The van der Waals surface area contributed by atoms with Crippen molar-refractivity contribution in [1.82, 2.24) is 19.7 Å². The number of hydrogen-bond acceptors (Lipinski definition) is 11. The Labute approximate surface area is 312 Å². The third-order valence-electron chi connectivity index (χ3n) is 7.91. The Kier molecular flexibility index (Phi) is 13.3. The fourth-order valence-electron chi connectivity index (χ4n) is 5.35. The normalized spacial score (nSPS) is 13.5. The number of furan rings is 1. The number of anilines is 2. The molecule has 17 heteroatoms. The Hall–Kier alpha value is -4.37. The molecule has 0 aliphatic carbocycles. The maximum atomic E-state index is 14.3. The van der Waals surface area contributed by atoms with Crippen LogP contribution in [0.1, 0.15) is 25.2 Å². The molecule has 0 fully saturated rings. The van der Waals surface area contributed by atoms with Crippen LogP contribution in [0.5, 0.6) is 5.75 Å². The molecule has 3 aromatic carbocycles. The molecule has 0 saturated carbocycles. The molecule has 2 unspecified atom stereocenters. The zero-order valence-corrected chi connectivity index (χ0v) is 32.0. The van der Waals surface area contributed by atoms with Gasteiger partial charge in [-0.2, -0.15) is 0 Å². The Balaban J connectivity index is 1.36. The van der Waals surface area contributed by atoms with Crippen LogP contribution < -0.4 is 15.1 Å². The van der Waals surface area contributed by atoms with Gasteiger partial charge >= 0.3 is 5.97 Å². The van der Waals surface area contributed by atoms with Crippen molar-refractivity contribution < 1.29 is 40.8 Å². The van der Waals surface area contributed by atoms with E-state index in [9.17, 15) is 22.2 Å². The Morgan fingerprint density at radius 2 is 1.91 bits per heavy atom. The number of carbonyl (C=O) groups is 1. The van der Waals surface area contributed by atoms with E-state index in [4.69, 9.17) is 30.2 Å². The van der Waals surface area contributed by atoms with Gasteiger partial charge in [0, 0.05) is 36.5 Å². The van der Waals surface area contributed by atoms with E-state index in [1.165, 1.54) is 37.2 Å². The largest absolute Gasteiger partial charge is 0.487 e. The molecule has 2 heterocycles. The standard InChI is InChI=1S/C36H40ClFN5O8PS/c1-5-49-36(44)24(2)42-52(45,23-48-3)43(15-16-53(4,46)47)20-29-11-14-33(51-29)26-9-12-32-30(18-26)35(40-22-39-32)41-28-10-13-34(31(37)19-28)50-21-25-7-6-8-27(38)17-25/h6-14,17-19,22,24H,5,15-16,20-21,23H2,1-4H3,(H,42,45)(H,39,40,41). The second-order valence-electron chi connectivity index (χ2n) is 12.1. The van der Waals surface area contributed by atoms with Gasteiger partial charge in [0.1, 0.15) is 64.1 Å². The van der Waals surface area contributed by atoms with Crippen molar-refractivity contribution >= 4 is 57.3 Å². The average molecular weight is 788 g/mol. The van der Waals surface area contributed by atoms with E-state index in [2.05, 4.69) is 20.4 Å². The average Bonchev–Trinajstić information content (AvgIpc) is 3.58. The summed E-state index contributed by atoms with van der Waals surface area (Å²) in [7, 11) is -5.77. The van der Waals surface area contributed by atoms with Gasteiger partial charge in [0.05, 0.1) is 29.4 Å². The lowest BCUT2D eigenvalue weighted by Crippen LogP contribution is -2.40. The van der Waals surface area contributed by atoms with Gasteiger partial charge in [-0.3, -0.25) is 9.36 Å². The molecule has 0 amide bonds. The lowest BCUT2D eigenvalue weighted by atomic mass is 10.1. The van der Waals surface area contributed by atoms with Gasteiger partial charge in [-0.25, -0.2) is 32.5 Å². The van der Waals surface area contributed by atoms with Gasteiger partial charge in [-0.1, -0.05) is 23.7 Å². The van der Waals surface area contributed by atoms with Crippen molar-refractivity contribution in [3.05, 3.63) is 101 Å². The minimum Gasteiger partial charge on any atom is -0.487 e. The molecule has 0 aliphatic rings. The minimum atomic E-state index is -3.70. The van der Waals surface area contributed by atoms with Crippen LogP contribution in [0.4, 0.5) is 15.9 Å². The zero-order chi connectivity index (χ0) is 38.2. The fraction of sp³-hybridized carbons (Fsp3) is 0.306. The summed E-state index contributed by atoms with van der Waals surface area (Å²) in [4.78, 5) is 21.2. The quantitative estimate of drug-likeness (QED) is 0.0679. The van der Waals surface area contributed by atoms with Crippen molar-refractivity contribution in [2.75, 3.05) is 43.9 Å². The first-order valence-corrected chi connectivity index (χ1v) is 20.8. The summed E-state index contributed by atoms with van der Waals surface area (Å²) in [5.41, 5.74) is 2.66. The summed E-state index contributed by atoms with van der Waals surface area (Å²) in [6.45, 7) is 3.30. The number of aromatic nitrogens is 2. The predicted molar refractivity (Wildman–Crippen MR) is 202 cm³/mol. The van der Waals surface area contributed by atoms with Crippen LogP contribution in [0.2, 0.25) is 5.02 Å². The summed E-state index contributed by atoms with van der Waals surface area (Å²) >= 11 is 6.53. The second kappa shape index (κ2) is 17.6. The number of methoxy groups -OCH3 is 1. The van der Waals surface area contributed by atoms with Gasteiger partial charge < -0.3 is 23.9 Å². The number of halogens is 2. The van der Waals surface area contributed by atoms with Crippen molar-refractivity contribution in [1.29, 1.82) is 0 Å². The highest BCUT2D eigenvalue weighted by Crippen LogP contribution is 2.47. The second-order valence-corrected chi connectivity index (χ2v) is 17.3. The van der Waals surface area contributed by atoms with Gasteiger partial charge in [-0.05, 0) is 80.1 Å². The summed E-state index contributed by atoms with van der Waals surface area (Å²) in [6.07, 6.45) is 2.23. The van der Waals surface area contributed by atoms with E-state index >= 15 is 0 Å². The molecule has 5 aromatic rings. The number of carbonyl (C=O) groups excluding carboxylic acids is 1. The number of rotatable bonds is 18. The van der Waals surface area contributed by atoms with Gasteiger partial charge in [0.15, 0.2) is 0 Å². The number of nitrogens with zero attached hydrogens (tertiary/aromatic N) is 3. The smallest absolute Gasteiger partial charge is 0.323 e. The van der Waals surface area contributed by atoms with Crippen LogP contribution in [0, 0.1) is 5.82 Å². The number of nitrogens with one attached hydrogen (secondary N) is 2. The van der Waals surface area contributed by atoms with E-state index in [0.29, 0.717) is 55.8 Å². The van der Waals surface area contributed by atoms with E-state index in [-0.39, 0.29) is 44.2 Å². The van der Waals surface area contributed by atoms with Gasteiger partial charge in [0.2, 0.25) is 7.44 Å². The Bertz CT molecular complexity index is 2220. The molecule has 0 spiro atoms. The summed E-state index contributed by atoms with van der Waals surface area (Å²) in [5, 5.41) is 7.15. The number of sulfone groups is 1. The SMILES string of the molecule is CCOC(=O)C(C)NP(=O)(COC)N(CCS(C)(=O)=O)Cc1ccc(-c2ccc3ncnc(Nc4ccc(OCc5cccc(F)c5)c(Cl)c4)c3c2)o1. The first-order chi connectivity index (χ1) is 25.3. The maximum Gasteiger partial charge on any atom is 0.323 e. The molecule has 2 aromatic heterocycles. The first-order valence-electron chi connectivity index (χ1n) is 16.5. The summed E-state index contributed by atoms with van der Waals surface area (Å²) in [5.74, 6) is 0.571. The van der Waals surface area contributed by atoms with Crippen LogP contribution >= 0.6 is 19.0 Å². The highest BCUT2D eigenvalue weighted by atomic mass is 35.5. The highest BCUT2D eigenvalue weighted by Gasteiger charge is 2.35. The zero-order valence-electron chi connectivity index (χ0n) is 29.5. The van der Waals surface area contributed by atoms with E-state index in [1.54, 1.807) is 49.4 Å². The Morgan fingerprint density at radius 3 is 2.62 bits per heavy atom. The molecule has 2 N–H and O–H groups in total. The number of ether oxygens (including phenoxy) is 3. The fourth-order valence-corrected chi connectivity index (χ4v) is 8.53. The van der Waals surface area contributed by atoms with Crippen molar-refractivity contribution in [3.63, 3.8) is 0 Å². The molecule has 0 aliphatic heterocycles. The number of fused-ring (bicyclic) bond motifs is 1. The molecular formula is C36H40ClFN5O8PS. The summed E-state index contributed by atoms with van der Waals surface area (Å²) < 4.78 is 75.9. The van der Waals surface area contributed by atoms with E-state index in [0.717, 1.165) is 6.26 Å². The molecule has 0 saturated heterocycles. The third kappa shape index (κ3) is 10.8. The molecule has 0 radical (unpaired) electrons. The van der Waals surface area contributed by atoms with E-state index < -0.39 is 29.3 Å². The molecule has 53 heavy (non-hydrogen) atoms. The van der Waals surface area contributed by atoms with Crippen LogP contribution in [-0.2, 0) is 41.8 Å². The van der Waals surface area contributed by atoms with Gasteiger partial charge in [0.25, 0.3) is 0 Å². The van der Waals surface area contributed by atoms with Crippen LogP contribution in [-0.4, -0.2) is 73.7 Å². The number of hydrogen-bond donors (Lipinski definition) is 2. The number of benzene rings is 3. The Morgan fingerprint density at radius 1 is 1.09 bits per heavy atom. The van der Waals surface area contributed by atoms with Crippen LogP contribution in [0.25, 0.3) is 22.2 Å².